The summed E-state index contributed by atoms with van der Waals surface area (Å²) >= 11 is 0. The monoisotopic (exact) mass is 272 g/mol. The molecule has 100 valence electrons. The predicted octanol–water partition coefficient (Wildman–Crippen LogP) is 0.240. The van der Waals surface area contributed by atoms with Gasteiger partial charge in [-0.25, -0.2) is 12.8 Å². The van der Waals surface area contributed by atoms with Crippen LogP contribution in [0.25, 0.3) is 0 Å². The van der Waals surface area contributed by atoms with Crippen LogP contribution in [0.15, 0.2) is 24.3 Å². The Bertz CT molecular complexity index is 555. The van der Waals surface area contributed by atoms with Crippen LogP contribution in [0.3, 0.4) is 0 Å². The van der Waals surface area contributed by atoms with Crippen LogP contribution in [0.4, 0.5) is 4.39 Å². The van der Waals surface area contributed by atoms with Crippen molar-refractivity contribution in [2.75, 3.05) is 19.3 Å². The van der Waals surface area contributed by atoms with Gasteiger partial charge in [-0.3, -0.25) is 0 Å². The molecule has 0 heterocycles. The molecule has 4 N–H and O–H groups in total. The number of hydrogen-bond acceptors (Lipinski definition) is 4. The molecule has 6 heteroatoms. The molecule has 1 saturated carbocycles. The van der Waals surface area contributed by atoms with Gasteiger partial charge in [0.25, 0.3) is 0 Å². The van der Waals surface area contributed by atoms with E-state index in [1.54, 1.807) is 12.1 Å². The van der Waals surface area contributed by atoms with E-state index in [2.05, 4.69) is 0 Å². The lowest BCUT2D eigenvalue weighted by Gasteiger charge is -2.12. The fourth-order valence-corrected chi connectivity index (χ4v) is 4.94. The zero-order valence-electron chi connectivity index (χ0n) is 10.1. The van der Waals surface area contributed by atoms with Crippen molar-refractivity contribution in [3.05, 3.63) is 35.6 Å². The Morgan fingerprint density at radius 1 is 1.33 bits per heavy atom. The van der Waals surface area contributed by atoms with Crippen LogP contribution >= 0.6 is 0 Å². The average Bonchev–Trinajstić information content (AvgIpc) is 2.98. The van der Waals surface area contributed by atoms with E-state index in [9.17, 15) is 12.8 Å². The molecule has 2 atom stereocenters. The van der Waals surface area contributed by atoms with Crippen molar-refractivity contribution in [1.29, 1.82) is 0 Å². The predicted molar refractivity (Wildman–Crippen MR) is 68.3 cm³/mol. The first-order valence-corrected chi connectivity index (χ1v) is 7.67. The van der Waals surface area contributed by atoms with E-state index in [4.69, 9.17) is 11.5 Å². The first kappa shape index (κ1) is 13.5. The summed E-state index contributed by atoms with van der Waals surface area (Å²) in [5.74, 6) is -0.687. The first-order chi connectivity index (χ1) is 8.36. The van der Waals surface area contributed by atoms with Crippen LogP contribution in [0.5, 0.6) is 0 Å². The molecule has 4 nitrogen and oxygen atoms in total. The lowest BCUT2D eigenvalue weighted by molar-refractivity contribution is 0.510. The molecule has 1 aromatic rings. The van der Waals surface area contributed by atoms with Crippen molar-refractivity contribution in [2.45, 2.75) is 11.2 Å². The Hall–Kier alpha value is -0.980. The summed E-state index contributed by atoms with van der Waals surface area (Å²) in [5.41, 5.74) is 11.4. The van der Waals surface area contributed by atoms with E-state index in [1.165, 1.54) is 18.4 Å². The highest BCUT2D eigenvalue weighted by atomic mass is 32.2. The van der Waals surface area contributed by atoms with Crippen LogP contribution in [-0.4, -0.2) is 33.0 Å². The van der Waals surface area contributed by atoms with Gasteiger partial charge in [-0.05, 0) is 17.7 Å². The van der Waals surface area contributed by atoms with Gasteiger partial charge in [-0.2, -0.15) is 0 Å². The second-order valence-electron chi connectivity index (χ2n) is 4.92. The third-order valence-corrected chi connectivity index (χ3v) is 5.47. The minimum atomic E-state index is -3.25. The Kier molecular flexibility index (Phi) is 3.21. The largest absolute Gasteiger partial charge is 0.330 e. The molecule has 1 aliphatic rings. The summed E-state index contributed by atoms with van der Waals surface area (Å²) in [7, 11) is -3.25. The quantitative estimate of drug-likeness (QED) is 0.822. The highest BCUT2D eigenvalue weighted by Crippen LogP contribution is 2.61. The number of halogens is 1. The molecule has 0 amide bonds. The van der Waals surface area contributed by atoms with Gasteiger partial charge in [-0.15, -0.1) is 0 Å². The Labute approximate surface area is 106 Å². The maximum Gasteiger partial charge on any atom is 0.151 e. The average molecular weight is 272 g/mol. The SMILES string of the molecule is CS(=O)(=O)[C@@H]1[C@H](c2cccc(F)c2)C1(CN)CN. The van der Waals surface area contributed by atoms with Crippen molar-refractivity contribution < 1.29 is 12.8 Å². The van der Waals surface area contributed by atoms with Gasteiger partial charge in [0.05, 0.1) is 5.25 Å². The Morgan fingerprint density at radius 2 is 1.94 bits per heavy atom. The lowest BCUT2D eigenvalue weighted by atomic mass is 9.99. The molecule has 18 heavy (non-hydrogen) atoms. The third kappa shape index (κ3) is 1.94. The zero-order chi connectivity index (χ0) is 13.6. The van der Waals surface area contributed by atoms with Crippen LogP contribution < -0.4 is 11.5 Å². The van der Waals surface area contributed by atoms with Crippen LogP contribution in [0.1, 0.15) is 11.5 Å². The molecule has 0 radical (unpaired) electrons. The summed E-state index contributed by atoms with van der Waals surface area (Å²) in [6.07, 6.45) is 1.18. The minimum absolute atomic E-state index is 0.183. The molecule has 1 aromatic carbocycles. The zero-order valence-corrected chi connectivity index (χ0v) is 11.0. The normalized spacial score (nSPS) is 26.0. The van der Waals surface area contributed by atoms with Gasteiger partial charge < -0.3 is 11.5 Å². The second-order valence-corrected chi connectivity index (χ2v) is 7.09. The van der Waals surface area contributed by atoms with Gasteiger partial charge in [0.15, 0.2) is 9.84 Å². The van der Waals surface area contributed by atoms with Crippen molar-refractivity contribution in [1.82, 2.24) is 0 Å². The lowest BCUT2D eigenvalue weighted by Crippen LogP contribution is -2.31. The van der Waals surface area contributed by atoms with Crippen LogP contribution in [0.2, 0.25) is 0 Å². The van der Waals surface area contributed by atoms with Gasteiger partial charge in [0, 0.05) is 30.7 Å². The molecular formula is C12H17FN2O2S. The molecule has 2 rings (SSSR count). The number of hydrogen-bond donors (Lipinski definition) is 2. The Balaban J connectivity index is 2.45. The maximum absolute atomic E-state index is 13.2. The molecule has 0 aliphatic heterocycles. The third-order valence-electron chi connectivity index (χ3n) is 3.81. The molecule has 0 spiro atoms. The highest BCUT2D eigenvalue weighted by Gasteiger charge is 2.68. The smallest absolute Gasteiger partial charge is 0.151 e. The van der Waals surface area contributed by atoms with E-state index < -0.39 is 20.5 Å². The van der Waals surface area contributed by atoms with Gasteiger partial charge in [0.2, 0.25) is 0 Å². The van der Waals surface area contributed by atoms with Gasteiger partial charge in [-0.1, -0.05) is 12.1 Å². The molecule has 0 bridgehead atoms. The van der Waals surface area contributed by atoms with Crippen molar-refractivity contribution in [2.24, 2.45) is 16.9 Å². The summed E-state index contributed by atoms with van der Waals surface area (Å²) < 4.78 is 36.8. The Morgan fingerprint density at radius 3 is 2.33 bits per heavy atom. The summed E-state index contributed by atoms with van der Waals surface area (Å²) in [6.45, 7) is 0.366. The second kappa shape index (κ2) is 4.29. The van der Waals surface area contributed by atoms with E-state index >= 15 is 0 Å². The standard InChI is InChI=1S/C12H17FN2O2S/c1-18(16,17)11-10(12(11,6-14)7-15)8-3-2-4-9(13)5-8/h2-5,10-11H,6-7,14-15H2,1H3/t10-,11+/m0/s1. The number of nitrogens with two attached hydrogens (primary N) is 2. The van der Waals surface area contributed by atoms with E-state index in [1.807, 2.05) is 0 Å². The maximum atomic E-state index is 13.2. The molecule has 1 aliphatic carbocycles. The molecule has 0 saturated heterocycles. The number of sulfone groups is 1. The van der Waals surface area contributed by atoms with Gasteiger partial charge in [0.1, 0.15) is 5.82 Å². The van der Waals surface area contributed by atoms with Crippen molar-refractivity contribution in [3.63, 3.8) is 0 Å². The fourth-order valence-electron chi connectivity index (χ4n) is 2.90. The summed E-state index contributed by atoms with van der Waals surface area (Å²) in [6, 6.07) is 5.98. The number of benzene rings is 1. The topological polar surface area (TPSA) is 86.2 Å². The molecule has 1 fully saturated rings. The van der Waals surface area contributed by atoms with Crippen molar-refractivity contribution in [3.8, 4) is 0 Å². The fraction of sp³-hybridized carbons (Fsp3) is 0.500. The van der Waals surface area contributed by atoms with E-state index in [0.29, 0.717) is 5.56 Å². The molecule has 0 unspecified atom stereocenters. The highest BCUT2D eigenvalue weighted by molar-refractivity contribution is 7.91. The summed E-state index contributed by atoms with van der Waals surface area (Å²) in [5, 5.41) is -0.609. The molecule has 0 aromatic heterocycles. The van der Waals surface area contributed by atoms with Crippen LogP contribution in [-0.2, 0) is 9.84 Å². The van der Waals surface area contributed by atoms with Crippen molar-refractivity contribution >= 4 is 9.84 Å². The minimum Gasteiger partial charge on any atom is -0.330 e. The van der Waals surface area contributed by atoms with E-state index in [-0.39, 0.29) is 24.8 Å². The number of rotatable bonds is 4. The van der Waals surface area contributed by atoms with Gasteiger partial charge >= 0.3 is 0 Å². The molecular weight excluding hydrogens is 255 g/mol. The first-order valence-electron chi connectivity index (χ1n) is 5.71. The van der Waals surface area contributed by atoms with Crippen LogP contribution in [0, 0.1) is 11.2 Å². The van der Waals surface area contributed by atoms with E-state index in [0.717, 1.165) is 0 Å². The summed E-state index contributed by atoms with van der Waals surface area (Å²) in [4.78, 5) is 0.